The van der Waals surface area contributed by atoms with Gasteiger partial charge in [-0.1, -0.05) is 7.43 Å². The number of carbonyl (C=O) groups is 1. The van der Waals surface area contributed by atoms with E-state index < -0.39 is 6.61 Å². The van der Waals surface area contributed by atoms with Crippen LogP contribution in [0.1, 0.15) is 33.6 Å². The Balaban J connectivity index is 0.00000256. The molecule has 7 nitrogen and oxygen atoms in total. The van der Waals surface area contributed by atoms with Gasteiger partial charge < -0.3 is 19.3 Å². The second-order valence-corrected chi connectivity index (χ2v) is 8.18. The molecule has 30 heavy (non-hydrogen) atoms. The minimum absolute atomic E-state index is 0. The number of alkyl halides is 2. The quantitative estimate of drug-likeness (QED) is 0.719. The number of piperazine rings is 1. The van der Waals surface area contributed by atoms with Crippen molar-refractivity contribution in [2.45, 2.75) is 46.3 Å². The van der Waals surface area contributed by atoms with E-state index in [0.29, 0.717) is 18.3 Å². The normalized spacial score (nSPS) is 23.3. The highest BCUT2D eigenvalue weighted by Gasteiger charge is 2.51. The van der Waals surface area contributed by atoms with E-state index in [-0.39, 0.29) is 24.8 Å². The van der Waals surface area contributed by atoms with Gasteiger partial charge in [0.1, 0.15) is 5.69 Å². The van der Waals surface area contributed by atoms with Gasteiger partial charge in [-0.2, -0.15) is 8.78 Å². The van der Waals surface area contributed by atoms with Crippen LogP contribution in [0.15, 0.2) is 18.3 Å². The SMILES string of the molecule is C.CCOC(=O)N1CC2(CCC(N3CCN(c4cccnc4OC(F)F)CC3)C2)C1. The fourth-order valence-corrected chi connectivity index (χ4v) is 5.01. The van der Waals surface area contributed by atoms with E-state index in [2.05, 4.69) is 19.5 Å². The largest absolute Gasteiger partial charge is 0.450 e. The lowest BCUT2D eigenvalue weighted by Gasteiger charge is -2.48. The highest BCUT2D eigenvalue weighted by atomic mass is 19.3. The van der Waals surface area contributed by atoms with Crippen molar-refractivity contribution in [3.63, 3.8) is 0 Å². The average molecular weight is 427 g/mol. The van der Waals surface area contributed by atoms with Gasteiger partial charge in [-0.05, 0) is 38.3 Å². The molecule has 1 amide bonds. The van der Waals surface area contributed by atoms with Crippen LogP contribution >= 0.6 is 0 Å². The van der Waals surface area contributed by atoms with Gasteiger partial charge >= 0.3 is 12.7 Å². The zero-order chi connectivity index (χ0) is 20.4. The first-order valence-corrected chi connectivity index (χ1v) is 10.3. The molecule has 4 rings (SSSR count). The summed E-state index contributed by atoms with van der Waals surface area (Å²) in [7, 11) is 0. The van der Waals surface area contributed by atoms with E-state index >= 15 is 0 Å². The number of likely N-dealkylation sites (tertiary alicyclic amines) is 1. The fourth-order valence-electron chi connectivity index (χ4n) is 5.01. The van der Waals surface area contributed by atoms with E-state index in [4.69, 9.17) is 4.74 Å². The summed E-state index contributed by atoms with van der Waals surface area (Å²) < 4.78 is 35.0. The van der Waals surface area contributed by atoms with E-state index in [9.17, 15) is 13.6 Å². The van der Waals surface area contributed by atoms with Crippen LogP contribution in [0.3, 0.4) is 0 Å². The molecule has 168 valence electrons. The van der Waals surface area contributed by atoms with E-state index in [1.807, 2.05) is 6.92 Å². The topological polar surface area (TPSA) is 58.1 Å². The third-order valence-corrected chi connectivity index (χ3v) is 6.38. The average Bonchev–Trinajstić information content (AvgIpc) is 3.13. The van der Waals surface area contributed by atoms with E-state index in [1.54, 1.807) is 17.0 Å². The van der Waals surface area contributed by atoms with Crippen LogP contribution in [-0.4, -0.2) is 79.4 Å². The molecule has 1 saturated carbocycles. The summed E-state index contributed by atoms with van der Waals surface area (Å²) in [5.74, 6) is -0.00991. The Labute approximate surface area is 176 Å². The summed E-state index contributed by atoms with van der Waals surface area (Å²) in [6.07, 6.45) is 4.66. The molecular formula is C21H32F2N4O3. The highest BCUT2D eigenvalue weighted by molar-refractivity contribution is 5.69. The molecule has 9 heteroatoms. The van der Waals surface area contributed by atoms with Gasteiger partial charge in [-0.15, -0.1) is 0 Å². The summed E-state index contributed by atoms with van der Waals surface area (Å²) in [4.78, 5) is 22.2. The first kappa shape index (κ1) is 22.5. The van der Waals surface area contributed by atoms with Crippen LogP contribution in [0.2, 0.25) is 0 Å². The second-order valence-electron chi connectivity index (χ2n) is 8.18. The maximum Gasteiger partial charge on any atom is 0.409 e. The van der Waals surface area contributed by atoms with Crippen molar-refractivity contribution >= 4 is 11.8 Å². The van der Waals surface area contributed by atoms with E-state index in [1.165, 1.54) is 6.20 Å². The van der Waals surface area contributed by atoms with Crippen LogP contribution in [0.4, 0.5) is 19.3 Å². The van der Waals surface area contributed by atoms with Gasteiger partial charge in [-0.3, -0.25) is 4.90 Å². The van der Waals surface area contributed by atoms with Crippen molar-refractivity contribution in [1.29, 1.82) is 0 Å². The number of halogens is 2. The van der Waals surface area contributed by atoms with Crippen LogP contribution in [-0.2, 0) is 4.74 Å². The number of anilines is 1. The van der Waals surface area contributed by atoms with Crippen molar-refractivity contribution in [1.82, 2.24) is 14.8 Å². The van der Waals surface area contributed by atoms with Gasteiger partial charge in [0.05, 0.1) is 6.61 Å². The first-order chi connectivity index (χ1) is 14.0. The lowest BCUT2D eigenvalue weighted by atomic mass is 9.78. The van der Waals surface area contributed by atoms with Crippen molar-refractivity contribution < 1.29 is 23.0 Å². The molecule has 1 aromatic rings. The Bertz CT molecular complexity index is 722. The molecule has 1 aromatic heterocycles. The summed E-state index contributed by atoms with van der Waals surface area (Å²) >= 11 is 0. The van der Waals surface area contributed by atoms with Gasteiger partial charge in [0.15, 0.2) is 0 Å². The molecule has 3 heterocycles. The molecule has 1 spiro atoms. The molecule has 2 aliphatic heterocycles. The highest BCUT2D eigenvalue weighted by Crippen LogP contribution is 2.47. The van der Waals surface area contributed by atoms with Gasteiger partial charge in [0.2, 0.25) is 5.88 Å². The maximum atomic E-state index is 12.6. The number of ether oxygens (including phenoxy) is 2. The molecule has 3 fully saturated rings. The number of pyridine rings is 1. The van der Waals surface area contributed by atoms with Crippen molar-refractivity contribution in [3.05, 3.63) is 18.3 Å². The molecule has 0 aromatic carbocycles. The minimum Gasteiger partial charge on any atom is -0.450 e. The molecular weight excluding hydrogens is 394 g/mol. The Kier molecular flexibility index (Phi) is 7.00. The number of hydrogen-bond acceptors (Lipinski definition) is 6. The first-order valence-electron chi connectivity index (χ1n) is 10.3. The number of rotatable bonds is 5. The molecule has 0 radical (unpaired) electrons. The zero-order valence-electron chi connectivity index (χ0n) is 16.7. The number of nitrogens with zero attached hydrogens (tertiary/aromatic N) is 4. The Morgan fingerprint density at radius 3 is 2.70 bits per heavy atom. The lowest BCUT2D eigenvalue weighted by Crippen LogP contribution is -2.58. The molecule has 1 unspecified atom stereocenters. The predicted octanol–water partition coefficient (Wildman–Crippen LogP) is 3.45. The summed E-state index contributed by atoms with van der Waals surface area (Å²) in [6.45, 7) is 4.22. The predicted molar refractivity (Wildman–Crippen MR) is 110 cm³/mol. The summed E-state index contributed by atoms with van der Waals surface area (Å²) in [5, 5.41) is 0. The number of amides is 1. The van der Waals surface area contributed by atoms with Crippen LogP contribution < -0.4 is 9.64 Å². The van der Waals surface area contributed by atoms with Crippen molar-refractivity contribution in [3.8, 4) is 5.88 Å². The molecule has 1 atom stereocenters. The third kappa shape index (κ3) is 4.61. The van der Waals surface area contributed by atoms with Crippen LogP contribution in [0.25, 0.3) is 0 Å². The lowest BCUT2D eigenvalue weighted by molar-refractivity contribution is -0.0525. The van der Waals surface area contributed by atoms with Gasteiger partial charge in [-0.25, -0.2) is 9.78 Å². The molecule has 2 saturated heterocycles. The number of aromatic nitrogens is 1. The number of carbonyl (C=O) groups excluding carboxylic acids is 1. The van der Waals surface area contributed by atoms with Crippen molar-refractivity contribution in [2.24, 2.45) is 5.41 Å². The van der Waals surface area contributed by atoms with E-state index in [0.717, 1.165) is 58.5 Å². The van der Waals surface area contributed by atoms with Crippen LogP contribution in [0.5, 0.6) is 5.88 Å². The molecule has 3 aliphatic rings. The third-order valence-electron chi connectivity index (χ3n) is 6.38. The smallest absolute Gasteiger partial charge is 0.409 e. The monoisotopic (exact) mass is 426 g/mol. The maximum absolute atomic E-state index is 12.6. The van der Waals surface area contributed by atoms with Gasteiger partial charge in [0, 0.05) is 56.9 Å². The number of hydrogen-bond donors (Lipinski definition) is 0. The second kappa shape index (κ2) is 9.32. The summed E-state index contributed by atoms with van der Waals surface area (Å²) in [6, 6.07) is 4.04. The summed E-state index contributed by atoms with van der Waals surface area (Å²) in [5.41, 5.74) is 0.871. The Morgan fingerprint density at radius 1 is 1.30 bits per heavy atom. The van der Waals surface area contributed by atoms with Crippen molar-refractivity contribution in [2.75, 3.05) is 50.8 Å². The standard InChI is InChI=1S/C20H28F2N4O3.CH4/c1-2-28-19(27)26-13-20(14-26)6-5-15(12-20)24-8-10-25(11-9-24)16-4-3-7-23-17(16)29-18(21)22;/h3-4,7,15,18H,2,5-6,8-14H2,1H3;1H4. The fraction of sp³-hybridized carbons (Fsp3) is 0.714. The molecule has 0 N–H and O–H groups in total. The zero-order valence-corrected chi connectivity index (χ0v) is 16.7. The molecule has 1 aliphatic carbocycles. The Morgan fingerprint density at radius 2 is 2.03 bits per heavy atom. The van der Waals surface area contributed by atoms with Gasteiger partial charge in [0.25, 0.3) is 0 Å². The minimum atomic E-state index is -2.88. The Hall–Kier alpha value is -2.16. The molecule has 0 bridgehead atoms. The van der Waals surface area contributed by atoms with Crippen LogP contribution in [0, 0.1) is 5.41 Å².